The molecular weight excluding hydrogens is 388 g/mol. The van der Waals surface area contributed by atoms with Gasteiger partial charge in [0, 0.05) is 10.9 Å². The van der Waals surface area contributed by atoms with Crippen molar-refractivity contribution in [2.45, 2.75) is 6.61 Å². The van der Waals surface area contributed by atoms with E-state index in [1.54, 1.807) is 41.6 Å². The second-order valence-corrected chi connectivity index (χ2v) is 6.66. The minimum absolute atomic E-state index is 0.185. The third-order valence-corrected chi connectivity index (χ3v) is 5.29. The lowest BCUT2D eigenvalue weighted by atomic mass is 9.90. The van der Waals surface area contributed by atoms with Crippen LogP contribution in [0.4, 0.5) is 0 Å². The number of ether oxygens (including phenoxy) is 6. The van der Waals surface area contributed by atoms with Gasteiger partial charge in [0.1, 0.15) is 6.61 Å². The fourth-order valence-corrected chi connectivity index (χ4v) is 3.93. The smallest absolute Gasteiger partial charge is 0.338 e. The summed E-state index contributed by atoms with van der Waals surface area (Å²) < 4.78 is 32.9. The maximum Gasteiger partial charge on any atom is 0.338 e. The van der Waals surface area contributed by atoms with Gasteiger partial charge in [-0.3, -0.25) is 0 Å². The summed E-state index contributed by atoms with van der Waals surface area (Å²) in [5.74, 6) is 2.29. The van der Waals surface area contributed by atoms with Crippen LogP contribution in [0.2, 0.25) is 0 Å². The largest absolute Gasteiger partial charge is 0.493 e. The lowest BCUT2D eigenvalue weighted by Crippen LogP contribution is -2.00. The van der Waals surface area contributed by atoms with Crippen LogP contribution >= 0.6 is 0 Å². The maximum absolute atomic E-state index is 12.4. The molecule has 7 heteroatoms. The molecule has 0 spiro atoms. The van der Waals surface area contributed by atoms with Gasteiger partial charge in [0.15, 0.2) is 23.0 Å². The average molecular weight is 410 g/mol. The van der Waals surface area contributed by atoms with Gasteiger partial charge in [-0.15, -0.1) is 0 Å². The minimum Gasteiger partial charge on any atom is -0.493 e. The Morgan fingerprint density at radius 2 is 1.43 bits per heavy atom. The Morgan fingerprint density at radius 1 is 0.733 bits per heavy atom. The molecule has 1 heterocycles. The van der Waals surface area contributed by atoms with Gasteiger partial charge < -0.3 is 28.4 Å². The number of hydrogen-bond acceptors (Lipinski definition) is 7. The van der Waals surface area contributed by atoms with Gasteiger partial charge in [-0.2, -0.15) is 0 Å². The summed E-state index contributed by atoms with van der Waals surface area (Å²) in [4.78, 5) is 12.4. The van der Waals surface area contributed by atoms with E-state index in [9.17, 15) is 4.79 Å². The van der Waals surface area contributed by atoms with Crippen LogP contribution in [0.1, 0.15) is 15.9 Å². The number of carbonyl (C=O) groups is 1. The molecule has 0 aromatic heterocycles. The van der Waals surface area contributed by atoms with E-state index in [2.05, 4.69) is 0 Å². The van der Waals surface area contributed by atoms with Crippen molar-refractivity contribution in [3.05, 3.63) is 41.5 Å². The zero-order valence-corrected chi connectivity index (χ0v) is 17.5. The van der Waals surface area contributed by atoms with E-state index in [0.717, 1.165) is 27.5 Å². The van der Waals surface area contributed by atoms with Crippen LogP contribution in [0, 0.1) is 0 Å². The normalized spacial score (nSPS) is 12.4. The molecule has 7 nitrogen and oxygen atoms in total. The predicted octanol–water partition coefficient (Wildman–Crippen LogP) is 4.22. The lowest BCUT2D eigenvalue weighted by Gasteiger charge is -2.19. The Morgan fingerprint density at radius 3 is 2.07 bits per heavy atom. The number of esters is 1. The molecule has 0 saturated heterocycles. The predicted molar refractivity (Wildman–Crippen MR) is 111 cm³/mol. The number of rotatable bonds is 6. The summed E-state index contributed by atoms with van der Waals surface area (Å²) in [6.07, 6.45) is 0. The quantitative estimate of drug-likeness (QED) is 0.564. The van der Waals surface area contributed by atoms with Crippen molar-refractivity contribution in [1.82, 2.24) is 0 Å². The van der Waals surface area contributed by atoms with Crippen LogP contribution in [0.3, 0.4) is 0 Å². The minimum atomic E-state index is -0.370. The first-order valence-corrected chi connectivity index (χ1v) is 9.26. The van der Waals surface area contributed by atoms with E-state index in [1.165, 1.54) is 0 Å². The highest BCUT2D eigenvalue weighted by Gasteiger charge is 2.30. The Kier molecular flexibility index (Phi) is 5.03. The Bertz CT molecular complexity index is 1150. The molecule has 0 aliphatic carbocycles. The summed E-state index contributed by atoms with van der Waals surface area (Å²) in [7, 11) is 7.83. The molecule has 3 aromatic rings. The molecule has 0 fully saturated rings. The maximum atomic E-state index is 12.4. The lowest BCUT2D eigenvalue weighted by molar-refractivity contribution is 0.0535. The second kappa shape index (κ2) is 7.67. The van der Waals surface area contributed by atoms with Gasteiger partial charge >= 0.3 is 5.97 Å². The van der Waals surface area contributed by atoms with Crippen LogP contribution in [0.15, 0.2) is 30.3 Å². The van der Waals surface area contributed by atoms with E-state index < -0.39 is 0 Å². The topological polar surface area (TPSA) is 72.5 Å². The van der Waals surface area contributed by atoms with Crippen molar-refractivity contribution >= 4 is 16.7 Å². The molecule has 30 heavy (non-hydrogen) atoms. The molecule has 0 N–H and O–H groups in total. The fraction of sp³-hybridized carbons (Fsp3) is 0.261. The third kappa shape index (κ3) is 2.85. The SMILES string of the molecule is COc1ccc(-c2c3c(cc4c(OC)c(OC)c(OC)cc24)C(=O)OC3)cc1OC. The Balaban J connectivity index is 2.14. The summed E-state index contributed by atoms with van der Waals surface area (Å²) in [6, 6.07) is 9.29. The van der Waals surface area contributed by atoms with Crippen molar-refractivity contribution in [2.75, 3.05) is 35.5 Å². The van der Waals surface area contributed by atoms with E-state index in [-0.39, 0.29) is 12.6 Å². The molecule has 0 bridgehead atoms. The number of methoxy groups -OCH3 is 5. The van der Waals surface area contributed by atoms with Crippen molar-refractivity contribution in [3.8, 4) is 39.9 Å². The fourth-order valence-electron chi connectivity index (χ4n) is 3.93. The van der Waals surface area contributed by atoms with Crippen LogP contribution in [-0.4, -0.2) is 41.5 Å². The molecule has 1 aliphatic heterocycles. The molecule has 0 atom stereocenters. The molecular formula is C23H22O7. The van der Waals surface area contributed by atoms with Crippen LogP contribution < -0.4 is 23.7 Å². The van der Waals surface area contributed by atoms with Crippen LogP contribution in [-0.2, 0) is 11.3 Å². The number of carbonyl (C=O) groups excluding carboxylic acids is 1. The first-order valence-electron chi connectivity index (χ1n) is 9.26. The molecule has 0 unspecified atom stereocenters. The number of fused-ring (bicyclic) bond motifs is 2. The van der Waals surface area contributed by atoms with Crippen molar-refractivity contribution in [2.24, 2.45) is 0 Å². The van der Waals surface area contributed by atoms with E-state index in [1.807, 2.05) is 24.3 Å². The van der Waals surface area contributed by atoms with Gasteiger partial charge in [-0.05, 0) is 40.8 Å². The Hall–Kier alpha value is -3.61. The van der Waals surface area contributed by atoms with Gasteiger partial charge in [0.05, 0.1) is 41.1 Å². The average Bonchev–Trinajstić information content (AvgIpc) is 3.15. The molecule has 3 aromatic carbocycles. The highest BCUT2D eigenvalue weighted by molar-refractivity contribution is 6.10. The molecule has 1 aliphatic rings. The molecule has 0 amide bonds. The monoisotopic (exact) mass is 410 g/mol. The van der Waals surface area contributed by atoms with Crippen LogP contribution in [0.25, 0.3) is 21.9 Å². The highest BCUT2D eigenvalue weighted by Crippen LogP contribution is 2.49. The number of benzene rings is 3. The third-order valence-electron chi connectivity index (χ3n) is 5.29. The molecule has 156 valence electrons. The van der Waals surface area contributed by atoms with Gasteiger partial charge in [-0.1, -0.05) is 6.07 Å². The zero-order valence-electron chi connectivity index (χ0n) is 17.5. The molecule has 0 saturated carbocycles. The second-order valence-electron chi connectivity index (χ2n) is 6.66. The summed E-state index contributed by atoms with van der Waals surface area (Å²) in [5.41, 5.74) is 2.99. The van der Waals surface area contributed by atoms with E-state index in [4.69, 9.17) is 28.4 Å². The van der Waals surface area contributed by atoms with Crippen molar-refractivity contribution < 1.29 is 33.2 Å². The molecule has 0 radical (unpaired) electrons. The summed E-state index contributed by atoms with van der Waals surface area (Å²) in [6.45, 7) is 0.185. The number of hydrogen-bond donors (Lipinski definition) is 0. The van der Waals surface area contributed by atoms with Gasteiger partial charge in [-0.25, -0.2) is 4.79 Å². The van der Waals surface area contributed by atoms with E-state index >= 15 is 0 Å². The first kappa shape index (κ1) is 19.7. The van der Waals surface area contributed by atoms with E-state index in [0.29, 0.717) is 34.3 Å². The molecule has 4 rings (SSSR count). The van der Waals surface area contributed by atoms with Crippen molar-refractivity contribution in [1.29, 1.82) is 0 Å². The van der Waals surface area contributed by atoms with Gasteiger partial charge in [0.25, 0.3) is 0 Å². The Labute approximate surface area is 174 Å². The number of cyclic esters (lactones) is 1. The standard InChI is InChI=1S/C23H22O7/c1-25-17-7-6-12(8-18(17)26-2)20-13-10-19(27-3)22(29-5)21(28-4)14(13)9-15-16(20)11-30-23(15)24/h6-10H,11H2,1-5H3. The van der Waals surface area contributed by atoms with Gasteiger partial charge in [0.2, 0.25) is 5.75 Å². The zero-order chi connectivity index (χ0) is 21.4. The summed E-state index contributed by atoms with van der Waals surface area (Å²) in [5, 5.41) is 1.56. The first-order chi connectivity index (χ1) is 14.6. The van der Waals surface area contributed by atoms with Crippen LogP contribution in [0.5, 0.6) is 28.7 Å². The highest BCUT2D eigenvalue weighted by atomic mass is 16.5. The summed E-state index contributed by atoms with van der Waals surface area (Å²) >= 11 is 0. The van der Waals surface area contributed by atoms with Crippen molar-refractivity contribution in [3.63, 3.8) is 0 Å².